The molecule has 0 aromatic rings. The highest BCUT2D eigenvalue weighted by Gasteiger charge is 2.19. The van der Waals surface area contributed by atoms with Gasteiger partial charge in [-0.2, -0.15) is 0 Å². The van der Waals surface area contributed by atoms with Gasteiger partial charge in [-0.1, -0.05) is 295 Å². The molecule has 0 saturated carbocycles. The van der Waals surface area contributed by atoms with Gasteiger partial charge < -0.3 is 14.2 Å². The summed E-state index contributed by atoms with van der Waals surface area (Å²) in [5.74, 6) is -0.863. The van der Waals surface area contributed by atoms with Gasteiger partial charge in [0, 0.05) is 19.3 Å². The zero-order chi connectivity index (χ0) is 51.4. The summed E-state index contributed by atoms with van der Waals surface area (Å²) in [6.45, 7) is 6.65. The first kappa shape index (κ1) is 68.9. The van der Waals surface area contributed by atoms with Crippen LogP contribution in [0.3, 0.4) is 0 Å². The standard InChI is InChI=1S/C65H122O6/c1-4-7-10-13-16-19-22-24-26-28-29-30-31-32-33-34-35-37-38-40-43-46-49-52-55-58-64(67)70-61-62(60-69-63(66)57-54-51-48-45-42-21-18-15-12-9-6-3)71-65(68)59-56-53-50-47-44-41-39-36-27-25-23-20-17-14-11-8-5-2/h15,18,25,27,62H,4-14,16-17,19-24,26,28-61H2,1-3H3/b18-15-,27-25-. The monoisotopic (exact) mass is 999 g/mol. The average Bonchev–Trinajstić information content (AvgIpc) is 3.37. The largest absolute Gasteiger partial charge is 0.462 e. The van der Waals surface area contributed by atoms with Crippen LogP contribution in [0.25, 0.3) is 0 Å². The molecule has 71 heavy (non-hydrogen) atoms. The molecule has 0 aliphatic rings. The van der Waals surface area contributed by atoms with Crippen molar-refractivity contribution in [1.82, 2.24) is 0 Å². The smallest absolute Gasteiger partial charge is 0.306 e. The van der Waals surface area contributed by atoms with Gasteiger partial charge in [0.25, 0.3) is 0 Å². The maximum Gasteiger partial charge on any atom is 0.306 e. The van der Waals surface area contributed by atoms with E-state index in [9.17, 15) is 14.4 Å². The molecule has 6 nitrogen and oxygen atoms in total. The number of rotatable bonds is 59. The summed E-state index contributed by atoms with van der Waals surface area (Å²) < 4.78 is 16.9. The summed E-state index contributed by atoms with van der Waals surface area (Å²) >= 11 is 0. The van der Waals surface area contributed by atoms with Crippen molar-refractivity contribution in [2.24, 2.45) is 0 Å². The number of allylic oxidation sites excluding steroid dienone is 4. The van der Waals surface area contributed by atoms with Crippen molar-refractivity contribution in [3.63, 3.8) is 0 Å². The summed E-state index contributed by atoms with van der Waals surface area (Å²) in [6, 6.07) is 0. The molecule has 6 heteroatoms. The van der Waals surface area contributed by atoms with Gasteiger partial charge in [-0.05, 0) is 64.2 Å². The second-order valence-electron chi connectivity index (χ2n) is 21.7. The fraction of sp³-hybridized carbons (Fsp3) is 0.892. The second-order valence-corrected chi connectivity index (χ2v) is 21.7. The molecule has 0 saturated heterocycles. The van der Waals surface area contributed by atoms with Crippen molar-refractivity contribution in [2.75, 3.05) is 13.2 Å². The molecule has 0 radical (unpaired) electrons. The summed E-state index contributed by atoms with van der Waals surface area (Å²) in [4.78, 5) is 38.2. The van der Waals surface area contributed by atoms with E-state index in [1.165, 1.54) is 250 Å². The lowest BCUT2D eigenvalue weighted by Gasteiger charge is -2.18. The van der Waals surface area contributed by atoms with Crippen LogP contribution in [0, 0.1) is 0 Å². The number of unbranched alkanes of at least 4 members (excludes halogenated alkanes) is 44. The van der Waals surface area contributed by atoms with E-state index < -0.39 is 6.10 Å². The Morgan fingerprint density at radius 1 is 0.268 bits per heavy atom. The zero-order valence-corrected chi connectivity index (χ0v) is 48.0. The van der Waals surface area contributed by atoms with Crippen LogP contribution in [-0.4, -0.2) is 37.2 Å². The molecule has 0 rings (SSSR count). The predicted molar refractivity (Wildman–Crippen MR) is 307 cm³/mol. The molecule has 0 aliphatic heterocycles. The summed E-state index contributed by atoms with van der Waals surface area (Å²) in [7, 11) is 0. The molecule has 0 heterocycles. The number of esters is 3. The van der Waals surface area contributed by atoms with Gasteiger partial charge in [-0.25, -0.2) is 0 Å². The van der Waals surface area contributed by atoms with Crippen molar-refractivity contribution in [1.29, 1.82) is 0 Å². The molecule has 0 aromatic heterocycles. The molecule has 0 aliphatic carbocycles. The number of carbonyl (C=O) groups is 3. The SMILES string of the molecule is CCCC/C=C\CCCCCCCC(=O)OCC(COC(=O)CCCCCCCCCCCCCCCCCCCCCCCCCCC)OC(=O)CCCCCCCCC/C=C\CCCCCCCC. The highest BCUT2D eigenvalue weighted by atomic mass is 16.6. The molecule has 0 aromatic carbocycles. The summed E-state index contributed by atoms with van der Waals surface area (Å²) in [5, 5.41) is 0. The van der Waals surface area contributed by atoms with Crippen molar-refractivity contribution in [3.8, 4) is 0 Å². The summed E-state index contributed by atoms with van der Waals surface area (Å²) in [6.07, 6.45) is 72.0. The van der Waals surface area contributed by atoms with Gasteiger partial charge in [-0.3, -0.25) is 14.4 Å². The third-order valence-corrected chi connectivity index (χ3v) is 14.4. The third-order valence-electron chi connectivity index (χ3n) is 14.4. The summed E-state index contributed by atoms with van der Waals surface area (Å²) in [5.41, 5.74) is 0. The highest BCUT2D eigenvalue weighted by molar-refractivity contribution is 5.71. The number of hydrogen-bond acceptors (Lipinski definition) is 6. The van der Waals surface area contributed by atoms with Crippen molar-refractivity contribution in [3.05, 3.63) is 24.3 Å². The van der Waals surface area contributed by atoms with E-state index in [4.69, 9.17) is 14.2 Å². The van der Waals surface area contributed by atoms with E-state index in [-0.39, 0.29) is 31.1 Å². The topological polar surface area (TPSA) is 78.9 Å². The van der Waals surface area contributed by atoms with E-state index >= 15 is 0 Å². The highest BCUT2D eigenvalue weighted by Crippen LogP contribution is 2.18. The Balaban J connectivity index is 4.19. The van der Waals surface area contributed by atoms with Gasteiger partial charge >= 0.3 is 17.9 Å². The van der Waals surface area contributed by atoms with Gasteiger partial charge in [0.15, 0.2) is 6.10 Å². The molecule has 1 atom stereocenters. The van der Waals surface area contributed by atoms with E-state index in [0.717, 1.165) is 64.2 Å². The Morgan fingerprint density at radius 3 is 0.746 bits per heavy atom. The maximum absolute atomic E-state index is 12.9. The molecule has 418 valence electrons. The molecule has 0 amide bonds. The van der Waals surface area contributed by atoms with Gasteiger partial charge in [0.1, 0.15) is 13.2 Å². The van der Waals surface area contributed by atoms with Crippen LogP contribution in [0.15, 0.2) is 24.3 Å². The van der Waals surface area contributed by atoms with Crippen LogP contribution in [-0.2, 0) is 28.6 Å². The lowest BCUT2D eigenvalue weighted by atomic mass is 10.0. The normalized spacial score (nSPS) is 12.1. The minimum absolute atomic E-state index is 0.0710. The lowest BCUT2D eigenvalue weighted by molar-refractivity contribution is -0.167. The fourth-order valence-corrected chi connectivity index (χ4v) is 9.60. The van der Waals surface area contributed by atoms with E-state index in [1.54, 1.807) is 0 Å². The van der Waals surface area contributed by atoms with E-state index in [2.05, 4.69) is 45.1 Å². The first-order chi connectivity index (χ1) is 35.0. The van der Waals surface area contributed by atoms with Crippen LogP contribution in [0.1, 0.15) is 355 Å². The van der Waals surface area contributed by atoms with Crippen molar-refractivity contribution < 1.29 is 28.6 Å². The van der Waals surface area contributed by atoms with Crippen LogP contribution < -0.4 is 0 Å². The molecule has 0 spiro atoms. The van der Waals surface area contributed by atoms with Crippen molar-refractivity contribution >= 4 is 17.9 Å². The molecular weight excluding hydrogens is 877 g/mol. The van der Waals surface area contributed by atoms with Crippen LogP contribution in [0.2, 0.25) is 0 Å². The molecule has 0 bridgehead atoms. The minimum Gasteiger partial charge on any atom is -0.462 e. The number of ether oxygens (including phenoxy) is 3. The molecule has 0 fully saturated rings. The predicted octanol–water partition coefficient (Wildman–Crippen LogP) is 21.4. The molecular formula is C65H122O6. The Bertz CT molecular complexity index is 1150. The van der Waals surface area contributed by atoms with Gasteiger partial charge in [0.2, 0.25) is 0 Å². The number of carbonyl (C=O) groups excluding carboxylic acids is 3. The quantitative estimate of drug-likeness (QED) is 0.0261. The van der Waals surface area contributed by atoms with Crippen molar-refractivity contribution in [2.45, 2.75) is 361 Å². The fourth-order valence-electron chi connectivity index (χ4n) is 9.60. The molecule has 0 N–H and O–H groups in total. The molecule has 1 unspecified atom stereocenters. The second kappa shape index (κ2) is 60.4. The van der Waals surface area contributed by atoms with Crippen LogP contribution in [0.4, 0.5) is 0 Å². The zero-order valence-electron chi connectivity index (χ0n) is 48.0. The Morgan fingerprint density at radius 2 is 0.479 bits per heavy atom. The minimum atomic E-state index is -0.773. The number of hydrogen-bond donors (Lipinski definition) is 0. The average molecular weight is 1000 g/mol. The Labute approximate surface area is 443 Å². The Kier molecular flexibility index (Phi) is 58.6. The first-order valence-corrected chi connectivity index (χ1v) is 31.8. The first-order valence-electron chi connectivity index (χ1n) is 31.8. The maximum atomic E-state index is 12.9. The van der Waals surface area contributed by atoms with Crippen LogP contribution >= 0.6 is 0 Å². The third kappa shape index (κ3) is 58.7. The van der Waals surface area contributed by atoms with Gasteiger partial charge in [0.05, 0.1) is 0 Å². The van der Waals surface area contributed by atoms with Gasteiger partial charge in [-0.15, -0.1) is 0 Å². The Hall–Kier alpha value is -2.11. The van der Waals surface area contributed by atoms with Crippen LogP contribution in [0.5, 0.6) is 0 Å². The van der Waals surface area contributed by atoms with E-state index in [0.29, 0.717) is 19.3 Å². The lowest BCUT2D eigenvalue weighted by Crippen LogP contribution is -2.30. The van der Waals surface area contributed by atoms with E-state index in [1.807, 2.05) is 0 Å².